The molecule has 0 heterocycles. The van der Waals surface area contributed by atoms with Gasteiger partial charge in [0.2, 0.25) is 0 Å². The van der Waals surface area contributed by atoms with Gasteiger partial charge in [0.05, 0.1) is 5.56 Å². The third kappa shape index (κ3) is 3.73. The number of carbonyl (C=O) groups is 1. The standard InChI is InChI=1S/C17H20O3/c1-12(2)10-13-11-15(8-9-16(13)17(18)19)20-14-6-4-3-5-7-14/h3-4,6,8-9,11-12H,5,7,10H2,1-2H3,(H,18,19). The summed E-state index contributed by atoms with van der Waals surface area (Å²) in [6.07, 6.45) is 8.65. The van der Waals surface area contributed by atoms with Crippen LogP contribution in [0.1, 0.15) is 42.6 Å². The summed E-state index contributed by atoms with van der Waals surface area (Å²) in [6, 6.07) is 5.21. The molecule has 1 aliphatic carbocycles. The van der Waals surface area contributed by atoms with Gasteiger partial charge in [-0.1, -0.05) is 26.0 Å². The van der Waals surface area contributed by atoms with Crippen LogP contribution in [0, 0.1) is 5.92 Å². The van der Waals surface area contributed by atoms with Crippen LogP contribution in [0.25, 0.3) is 0 Å². The molecule has 2 rings (SSSR count). The number of ether oxygens (including phenoxy) is 1. The molecule has 0 bridgehead atoms. The molecule has 0 spiro atoms. The summed E-state index contributed by atoms with van der Waals surface area (Å²) in [4.78, 5) is 11.2. The van der Waals surface area contributed by atoms with E-state index >= 15 is 0 Å². The Hall–Kier alpha value is -2.03. The zero-order valence-electron chi connectivity index (χ0n) is 11.9. The normalized spacial score (nSPS) is 14.2. The minimum Gasteiger partial charge on any atom is -0.478 e. The lowest BCUT2D eigenvalue weighted by molar-refractivity contribution is 0.0695. The number of aromatic carboxylic acids is 1. The number of benzene rings is 1. The third-order valence-corrected chi connectivity index (χ3v) is 3.16. The van der Waals surface area contributed by atoms with E-state index in [1.54, 1.807) is 12.1 Å². The molecule has 1 aromatic rings. The number of carboxylic acids is 1. The van der Waals surface area contributed by atoms with Crippen LogP contribution in [0.4, 0.5) is 0 Å². The smallest absolute Gasteiger partial charge is 0.335 e. The van der Waals surface area contributed by atoms with Crippen LogP contribution < -0.4 is 4.74 Å². The third-order valence-electron chi connectivity index (χ3n) is 3.16. The Balaban J connectivity index is 2.24. The van der Waals surface area contributed by atoms with Gasteiger partial charge in [0.1, 0.15) is 11.5 Å². The monoisotopic (exact) mass is 272 g/mol. The number of carboxylic acid groups (broad SMARTS) is 1. The first kappa shape index (κ1) is 14.4. The van der Waals surface area contributed by atoms with Crippen LogP contribution in [0.2, 0.25) is 0 Å². The van der Waals surface area contributed by atoms with Crippen LogP contribution in [0.5, 0.6) is 5.75 Å². The summed E-state index contributed by atoms with van der Waals surface area (Å²) in [5.41, 5.74) is 1.19. The Labute approximate surface area is 119 Å². The summed E-state index contributed by atoms with van der Waals surface area (Å²) in [7, 11) is 0. The van der Waals surface area contributed by atoms with Crippen LogP contribution in [-0.4, -0.2) is 11.1 Å². The van der Waals surface area contributed by atoms with E-state index in [0.29, 0.717) is 17.2 Å². The molecule has 106 valence electrons. The lowest BCUT2D eigenvalue weighted by Gasteiger charge is -2.14. The molecule has 3 heteroatoms. The highest BCUT2D eigenvalue weighted by molar-refractivity contribution is 5.89. The van der Waals surface area contributed by atoms with Crippen molar-refractivity contribution >= 4 is 5.97 Å². The van der Waals surface area contributed by atoms with E-state index in [1.165, 1.54) is 0 Å². The Morgan fingerprint density at radius 2 is 2.20 bits per heavy atom. The van der Waals surface area contributed by atoms with E-state index in [2.05, 4.69) is 19.9 Å². The van der Waals surface area contributed by atoms with Crippen LogP contribution in [0.3, 0.4) is 0 Å². The lowest BCUT2D eigenvalue weighted by atomic mass is 9.97. The first-order valence-electron chi connectivity index (χ1n) is 6.96. The van der Waals surface area contributed by atoms with Crippen LogP contribution in [-0.2, 0) is 6.42 Å². The highest BCUT2D eigenvalue weighted by Crippen LogP contribution is 2.24. The fourth-order valence-corrected chi connectivity index (χ4v) is 2.27. The maximum atomic E-state index is 11.2. The predicted octanol–water partition coefficient (Wildman–Crippen LogP) is 4.20. The molecule has 0 saturated carbocycles. The molecule has 0 atom stereocenters. The molecule has 0 unspecified atom stereocenters. The number of hydrogen-bond acceptors (Lipinski definition) is 2. The minimum absolute atomic E-state index is 0.364. The molecule has 3 nitrogen and oxygen atoms in total. The molecular formula is C17H20O3. The molecule has 20 heavy (non-hydrogen) atoms. The average Bonchev–Trinajstić information content (AvgIpc) is 2.39. The summed E-state index contributed by atoms with van der Waals surface area (Å²) in [5.74, 6) is 1.16. The molecule has 0 aromatic heterocycles. The second-order valence-corrected chi connectivity index (χ2v) is 5.42. The van der Waals surface area contributed by atoms with Crippen molar-refractivity contribution in [1.29, 1.82) is 0 Å². The molecule has 1 aromatic carbocycles. The van der Waals surface area contributed by atoms with Crippen molar-refractivity contribution in [3.63, 3.8) is 0 Å². The first-order chi connectivity index (χ1) is 9.56. The number of rotatable bonds is 5. The summed E-state index contributed by atoms with van der Waals surface area (Å²) < 4.78 is 5.83. The molecule has 1 N–H and O–H groups in total. The fourth-order valence-electron chi connectivity index (χ4n) is 2.27. The van der Waals surface area contributed by atoms with E-state index in [4.69, 9.17) is 4.74 Å². The molecule has 0 aliphatic heterocycles. The van der Waals surface area contributed by atoms with Gasteiger partial charge in [0.25, 0.3) is 0 Å². The zero-order valence-corrected chi connectivity index (χ0v) is 11.9. The number of allylic oxidation sites excluding steroid dienone is 4. The van der Waals surface area contributed by atoms with Gasteiger partial charge in [-0.15, -0.1) is 0 Å². The van der Waals surface area contributed by atoms with Gasteiger partial charge < -0.3 is 9.84 Å². The predicted molar refractivity (Wildman–Crippen MR) is 79.0 cm³/mol. The van der Waals surface area contributed by atoms with Gasteiger partial charge in [0, 0.05) is 6.42 Å². The molecule has 0 fully saturated rings. The van der Waals surface area contributed by atoms with E-state index in [1.807, 2.05) is 18.2 Å². The van der Waals surface area contributed by atoms with Crippen molar-refractivity contribution < 1.29 is 14.6 Å². The summed E-state index contributed by atoms with van der Waals surface area (Å²) in [5, 5.41) is 9.23. The zero-order chi connectivity index (χ0) is 14.5. The maximum Gasteiger partial charge on any atom is 0.335 e. The Morgan fingerprint density at radius 1 is 1.40 bits per heavy atom. The van der Waals surface area contributed by atoms with E-state index in [-0.39, 0.29) is 0 Å². The average molecular weight is 272 g/mol. The molecular weight excluding hydrogens is 252 g/mol. The Morgan fingerprint density at radius 3 is 2.80 bits per heavy atom. The molecule has 0 saturated heterocycles. The maximum absolute atomic E-state index is 11.2. The van der Waals surface area contributed by atoms with Crippen molar-refractivity contribution in [2.75, 3.05) is 0 Å². The molecule has 1 aliphatic rings. The van der Waals surface area contributed by atoms with Crippen molar-refractivity contribution in [2.24, 2.45) is 5.92 Å². The van der Waals surface area contributed by atoms with Crippen LogP contribution >= 0.6 is 0 Å². The van der Waals surface area contributed by atoms with Gasteiger partial charge in [0.15, 0.2) is 0 Å². The van der Waals surface area contributed by atoms with Crippen molar-refractivity contribution in [1.82, 2.24) is 0 Å². The lowest BCUT2D eigenvalue weighted by Crippen LogP contribution is -2.06. The van der Waals surface area contributed by atoms with Gasteiger partial charge >= 0.3 is 5.97 Å². The van der Waals surface area contributed by atoms with Crippen LogP contribution in [0.15, 0.2) is 42.2 Å². The largest absolute Gasteiger partial charge is 0.478 e. The topological polar surface area (TPSA) is 46.5 Å². The van der Waals surface area contributed by atoms with Gasteiger partial charge in [-0.25, -0.2) is 4.79 Å². The van der Waals surface area contributed by atoms with Gasteiger partial charge in [-0.05, 0) is 48.6 Å². The van der Waals surface area contributed by atoms with Crippen molar-refractivity contribution in [3.05, 3.63) is 53.3 Å². The second-order valence-electron chi connectivity index (χ2n) is 5.42. The highest BCUT2D eigenvalue weighted by atomic mass is 16.5. The minimum atomic E-state index is -0.882. The summed E-state index contributed by atoms with van der Waals surface area (Å²) in [6.45, 7) is 4.15. The molecule has 0 radical (unpaired) electrons. The first-order valence-corrected chi connectivity index (χ1v) is 6.96. The van der Waals surface area contributed by atoms with Crippen molar-refractivity contribution in [3.8, 4) is 5.75 Å². The van der Waals surface area contributed by atoms with E-state index < -0.39 is 5.97 Å². The highest BCUT2D eigenvalue weighted by Gasteiger charge is 2.13. The quantitative estimate of drug-likeness (QED) is 0.874. The summed E-state index contributed by atoms with van der Waals surface area (Å²) >= 11 is 0. The van der Waals surface area contributed by atoms with E-state index in [9.17, 15) is 9.90 Å². The second kappa shape index (κ2) is 6.42. The van der Waals surface area contributed by atoms with Gasteiger partial charge in [-0.3, -0.25) is 0 Å². The van der Waals surface area contributed by atoms with Crippen molar-refractivity contribution in [2.45, 2.75) is 33.1 Å². The fraction of sp³-hybridized carbons (Fsp3) is 0.353. The molecule has 0 amide bonds. The van der Waals surface area contributed by atoms with E-state index in [0.717, 1.165) is 30.6 Å². The Kier molecular flexibility index (Phi) is 4.61. The SMILES string of the molecule is CC(C)Cc1cc(OC2=CC=CCC2)ccc1C(=O)O. The van der Waals surface area contributed by atoms with Gasteiger partial charge in [-0.2, -0.15) is 0 Å². The Bertz CT molecular complexity index is 553. The number of hydrogen-bond donors (Lipinski definition) is 1.